The van der Waals surface area contributed by atoms with Crippen LogP contribution in [0, 0.1) is 0 Å². The van der Waals surface area contributed by atoms with Crippen LogP contribution in [0.5, 0.6) is 11.5 Å². The third kappa shape index (κ3) is 6.15. The highest BCUT2D eigenvalue weighted by Gasteiger charge is 2.18. The number of nitrogens with zero attached hydrogens (tertiary/aromatic N) is 3. The van der Waals surface area contributed by atoms with E-state index in [9.17, 15) is 9.59 Å². The van der Waals surface area contributed by atoms with Crippen molar-refractivity contribution in [3.8, 4) is 11.5 Å². The Bertz CT molecular complexity index is 1230. The van der Waals surface area contributed by atoms with Crippen LogP contribution in [0.2, 0.25) is 0 Å². The highest BCUT2D eigenvalue weighted by atomic mass is 32.2. The van der Waals surface area contributed by atoms with Crippen LogP contribution in [0.15, 0.2) is 52.4 Å². The quantitative estimate of drug-likeness (QED) is 0.227. The summed E-state index contributed by atoms with van der Waals surface area (Å²) < 4.78 is 18.4. The second-order valence-electron chi connectivity index (χ2n) is 8.09. The number of ether oxygens (including phenoxy) is 3. The fourth-order valence-electron chi connectivity index (χ4n) is 3.92. The molecule has 4 rings (SSSR count). The Hall–Kier alpha value is -3.04. The highest BCUT2D eigenvalue weighted by molar-refractivity contribution is 7.99. The number of thioether (sulfide) groups is 1. The predicted octanol–water partition coefficient (Wildman–Crippen LogP) is 3.74. The third-order valence-corrected chi connectivity index (χ3v) is 6.70. The van der Waals surface area contributed by atoms with E-state index in [1.807, 2.05) is 50.2 Å². The van der Waals surface area contributed by atoms with Crippen LogP contribution >= 0.6 is 11.8 Å². The van der Waals surface area contributed by atoms with E-state index in [2.05, 4.69) is 0 Å². The van der Waals surface area contributed by atoms with Gasteiger partial charge in [-0.1, -0.05) is 30.0 Å². The number of rotatable bonds is 11. The SMILES string of the molecule is CCOCCCn1c(SCC(=O)N(CC)Cc2ccc3c(c2)OCCO3)nc2ccccc2c1=O. The van der Waals surface area contributed by atoms with E-state index in [-0.39, 0.29) is 17.2 Å². The van der Waals surface area contributed by atoms with E-state index >= 15 is 0 Å². The Labute approximate surface area is 209 Å². The number of benzene rings is 2. The number of hydrogen-bond donors (Lipinski definition) is 0. The molecule has 1 aliphatic rings. The fraction of sp³-hybridized carbons (Fsp3) is 0.423. The molecular formula is C26H31N3O5S. The maximum Gasteiger partial charge on any atom is 0.262 e. The van der Waals surface area contributed by atoms with E-state index in [0.29, 0.717) is 74.3 Å². The maximum atomic E-state index is 13.2. The lowest BCUT2D eigenvalue weighted by atomic mass is 10.2. The topological polar surface area (TPSA) is 82.9 Å². The van der Waals surface area contributed by atoms with Crippen LogP contribution < -0.4 is 15.0 Å². The summed E-state index contributed by atoms with van der Waals surface area (Å²) >= 11 is 1.30. The van der Waals surface area contributed by atoms with Gasteiger partial charge in [-0.3, -0.25) is 14.2 Å². The predicted molar refractivity (Wildman–Crippen MR) is 136 cm³/mol. The van der Waals surface area contributed by atoms with Crippen molar-refractivity contribution < 1.29 is 19.0 Å². The number of fused-ring (bicyclic) bond motifs is 2. The molecule has 0 atom stereocenters. The van der Waals surface area contributed by atoms with Crippen molar-refractivity contribution in [1.29, 1.82) is 0 Å². The summed E-state index contributed by atoms with van der Waals surface area (Å²) in [6.07, 6.45) is 0.695. The third-order valence-electron chi connectivity index (χ3n) is 5.74. The van der Waals surface area contributed by atoms with E-state index in [4.69, 9.17) is 19.2 Å². The summed E-state index contributed by atoms with van der Waals surface area (Å²) in [4.78, 5) is 32.8. The lowest BCUT2D eigenvalue weighted by Crippen LogP contribution is -2.32. The molecular weight excluding hydrogens is 466 g/mol. The van der Waals surface area contributed by atoms with Crippen LogP contribution in [0.3, 0.4) is 0 Å². The first-order valence-corrected chi connectivity index (χ1v) is 13.0. The molecule has 0 radical (unpaired) electrons. The Morgan fingerprint density at radius 1 is 1.14 bits per heavy atom. The molecule has 0 spiro atoms. The minimum atomic E-state index is -0.0920. The zero-order chi connectivity index (χ0) is 24.6. The Morgan fingerprint density at radius 2 is 1.94 bits per heavy atom. The first-order chi connectivity index (χ1) is 17.1. The van der Waals surface area contributed by atoms with Gasteiger partial charge in [-0.05, 0) is 50.1 Å². The number of aromatic nitrogens is 2. The van der Waals surface area contributed by atoms with Gasteiger partial charge in [0.15, 0.2) is 16.7 Å². The number of amides is 1. The highest BCUT2D eigenvalue weighted by Crippen LogP contribution is 2.31. The average Bonchev–Trinajstić information content (AvgIpc) is 2.89. The van der Waals surface area contributed by atoms with Crippen LogP contribution in [0.25, 0.3) is 10.9 Å². The first-order valence-electron chi connectivity index (χ1n) is 12.0. The van der Waals surface area contributed by atoms with Crippen LogP contribution in [-0.4, -0.2) is 59.1 Å². The van der Waals surface area contributed by atoms with E-state index < -0.39 is 0 Å². The summed E-state index contributed by atoms with van der Waals surface area (Å²) in [6.45, 7) is 7.70. The van der Waals surface area contributed by atoms with Crippen molar-refractivity contribution >= 4 is 28.6 Å². The Balaban J connectivity index is 1.47. The summed E-state index contributed by atoms with van der Waals surface area (Å²) in [6, 6.07) is 13.1. The van der Waals surface area contributed by atoms with Gasteiger partial charge in [-0.15, -0.1) is 0 Å². The minimum absolute atomic E-state index is 0.0179. The van der Waals surface area contributed by atoms with Crippen molar-refractivity contribution in [2.45, 2.75) is 38.5 Å². The second kappa shape index (κ2) is 12.1. The van der Waals surface area contributed by atoms with Gasteiger partial charge in [0.1, 0.15) is 13.2 Å². The van der Waals surface area contributed by atoms with Crippen molar-refractivity contribution in [1.82, 2.24) is 14.5 Å². The van der Waals surface area contributed by atoms with Crippen molar-refractivity contribution in [2.24, 2.45) is 0 Å². The van der Waals surface area contributed by atoms with Crippen LogP contribution in [0.1, 0.15) is 25.8 Å². The van der Waals surface area contributed by atoms with Crippen molar-refractivity contribution in [3.05, 3.63) is 58.4 Å². The molecule has 0 aliphatic carbocycles. The fourth-order valence-corrected chi connectivity index (χ4v) is 4.85. The molecule has 0 unspecified atom stereocenters. The monoisotopic (exact) mass is 497 g/mol. The van der Waals surface area contributed by atoms with E-state index in [1.54, 1.807) is 15.5 Å². The smallest absolute Gasteiger partial charge is 0.262 e. The Kier molecular flexibility index (Phi) is 8.65. The van der Waals surface area contributed by atoms with Crippen molar-refractivity contribution in [3.63, 3.8) is 0 Å². The van der Waals surface area contributed by atoms with Crippen molar-refractivity contribution in [2.75, 3.05) is 38.7 Å². The van der Waals surface area contributed by atoms with Gasteiger partial charge in [0.2, 0.25) is 5.91 Å². The van der Waals surface area contributed by atoms with Gasteiger partial charge in [0.05, 0.1) is 16.7 Å². The second-order valence-corrected chi connectivity index (χ2v) is 9.04. The number of carbonyl (C=O) groups excluding carboxylic acids is 1. The summed E-state index contributed by atoms with van der Waals surface area (Å²) in [5, 5.41) is 1.13. The molecule has 0 saturated heterocycles. The lowest BCUT2D eigenvalue weighted by molar-refractivity contribution is -0.128. The molecule has 35 heavy (non-hydrogen) atoms. The summed E-state index contributed by atoms with van der Waals surface area (Å²) in [5.41, 5.74) is 1.52. The van der Waals surface area contributed by atoms with Gasteiger partial charge >= 0.3 is 0 Å². The first kappa shape index (κ1) is 25.1. The number of carbonyl (C=O) groups is 1. The minimum Gasteiger partial charge on any atom is -0.486 e. The molecule has 9 heteroatoms. The normalized spacial score (nSPS) is 12.6. The molecule has 8 nitrogen and oxygen atoms in total. The Morgan fingerprint density at radius 3 is 2.74 bits per heavy atom. The van der Waals surface area contributed by atoms with Gasteiger partial charge < -0.3 is 19.1 Å². The molecule has 1 aromatic heterocycles. The molecule has 186 valence electrons. The van der Waals surface area contributed by atoms with Crippen LogP contribution in [-0.2, 0) is 22.6 Å². The zero-order valence-corrected chi connectivity index (χ0v) is 21.0. The van der Waals surface area contributed by atoms with Crippen LogP contribution in [0.4, 0.5) is 0 Å². The molecule has 0 N–H and O–H groups in total. The molecule has 0 saturated carbocycles. The molecule has 1 amide bonds. The van der Waals surface area contributed by atoms with Gasteiger partial charge in [-0.25, -0.2) is 4.98 Å². The molecule has 0 fully saturated rings. The van der Waals surface area contributed by atoms with E-state index in [0.717, 1.165) is 11.3 Å². The number of hydrogen-bond acceptors (Lipinski definition) is 7. The standard InChI is InChI=1S/C26H31N3O5S/c1-3-28(17-19-10-11-22-23(16-19)34-15-14-33-22)24(30)18-35-26-27-21-9-6-5-8-20(21)25(31)29(26)12-7-13-32-4-2/h5-6,8-11,16H,3-4,7,12-15,17-18H2,1-2H3. The summed E-state index contributed by atoms with van der Waals surface area (Å²) in [5.74, 6) is 1.61. The van der Waals surface area contributed by atoms with Gasteiger partial charge in [-0.2, -0.15) is 0 Å². The average molecular weight is 498 g/mol. The van der Waals surface area contributed by atoms with Gasteiger partial charge in [0.25, 0.3) is 5.56 Å². The molecule has 3 aromatic rings. The zero-order valence-electron chi connectivity index (χ0n) is 20.2. The molecule has 2 heterocycles. The molecule has 2 aromatic carbocycles. The molecule has 0 bridgehead atoms. The van der Waals surface area contributed by atoms with E-state index in [1.165, 1.54) is 11.8 Å². The number of para-hydroxylation sites is 1. The maximum absolute atomic E-state index is 13.2. The molecule has 1 aliphatic heterocycles. The summed E-state index contributed by atoms with van der Waals surface area (Å²) in [7, 11) is 0. The van der Waals surface area contributed by atoms with Gasteiger partial charge in [0, 0.05) is 32.8 Å². The largest absolute Gasteiger partial charge is 0.486 e. The lowest BCUT2D eigenvalue weighted by Gasteiger charge is -2.23.